The second kappa shape index (κ2) is 5.74. The zero-order chi connectivity index (χ0) is 14.7. The average molecular weight is 274 g/mol. The molecule has 0 amide bonds. The van der Waals surface area contributed by atoms with Crippen LogP contribution in [0.25, 0.3) is 10.9 Å². The molecule has 0 fully saturated rings. The second-order valence-electron chi connectivity index (χ2n) is 4.40. The fraction of sp³-hybridized carbons (Fsp3) is 0.286. The SMILES string of the molecule is COC(=O)c1cc2ccc(C(O)C(O)CC#N)cc2[nH]1. The van der Waals surface area contributed by atoms with Crippen LogP contribution in [-0.4, -0.2) is 34.4 Å². The largest absolute Gasteiger partial charge is 0.464 e. The summed E-state index contributed by atoms with van der Waals surface area (Å²) in [6.07, 6.45) is -2.45. The van der Waals surface area contributed by atoms with Crippen molar-refractivity contribution in [2.45, 2.75) is 18.6 Å². The Morgan fingerprint density at radius 3 is 2.85 bits per heavy atom. The van der Waals surface area contributed by atoms with Crippen molar-refractivity contribution < 1.29 is 19.7 Å². The lowest BCUT2D eigenvalue weighted by atomic mass is 10.0. The fourth-order valence-electron chi connectivity index (χ4n) is 1.98. The third kappa shape index (κ3) is 2.64. The number of aromatic nitrogens is 1. The minimum Gasteiger partial charge on any atom is -0.464 e. The maximum Gasteiger partial charge on any atom is 0.354 e. The Morgan fingerprint density at radius 1 is 1.45 bits per heavy atom. The number of nitriles is 1. The number of hydrogen-bond donors (Lipinski definition) is 3. The molecule has 3 N–H and O–H groups in total. The van der Waals surface area contributed by atoms with Gasteiger partial charge in [-0.1, -0.05) is 12.1 Å². The Bertz CT molecular complexity index is 671. The summed E-state index contributed by atoms with van der Waals surface area (Å²) in [5, 5.41) is 28.9. The fourth-order valence-corrected chi connectivity index (χ4v) is 1.98. The van der Waals surface area contributed by atoms with Crippen LogP contribution >= 0.6 is 0 Å². The maximum absolute atomic E-state index is 11.4. The number of fused-ring (bicyclic) bond motifs is 1. The molecular formula is C14H14N2O4. The lowest BCUT2D eigenvalue weighted by Gasteiger charge is -2.15. The van der Waals surface area contributed by atoms with Crippen molar-refractivity contribution in [3.05, 3.63) is 35.5 Å². The van der Waals surface area contributed by atoms with Gasteiger partial charge in [-0.3, -0.25) is 0 Å². The van der Waals surface area contributed by atoms with E-state index in [1.54, 1.807) is 30.3 Å². The third-order valence-corrected chi connectivity index (χ3v) is 3.06. The highest BCUT2D eigenvalue weighted by atomic mass is 16.5. The number of aromatic amines is 1. The smallest absolute Gasteiger partial charge is 0.354 e. The molecule has 0 radical (unpaired) electrons. The molecule has 20 heavy (non-hydrogen) atoms. The van der Waals surface area contributed by atoms with Crippen molar-refractivity contribution in [1.82, 2.24) is 4.98 Å². The standard InChI is InChI=1S/C14H14N2O4/c1-20-14(19)11-6-8-2-3-9(7-10(8)16-11)13(18)12(17)4-5-15/h2-3,6-7,12-13,16-18H,4H2,1H3. The van der Waals surface area contributed by atoms with Gasteiger partial charge in [0.1, 0.15) is 11.8 Å². The minimum atomic E-state index is -1.15. The van der Waals surface area contributed by atoms with Crippen molar-refractivity contribution in [3.63, 3.8) is 0 Å². The topological polar surface area (TPSA) is 106 Å². The number of carbonyl (C=O) groups is 1. The van der Waals surface area contributed by atoms with E-state index < -0.39 is 18.2 Å². The van der Waals surface area contributed by atoms with Gasteiger partial charge in [0.15, 0.2) is 0 Å². The molecule has 1 aromatic carbocycles. The lowest BCUT2D eigenvalue weighted by Crippen LogP contribution is -2.17. The molecule has 0 aliphatic carbocycles. The number of benzene rings is 1. The van der Waals surface area contributed by atoms with Crippen molar-refractivity contribution in [2.24, 2.45) is 0 Å². The van der Waals surface area contributed by atoms with Crippen molar-refractivity contribution in [1.29, 1.82) is 5.26 Å². The van der Waals surface area contributed by atoms with Crippen LogP contribution in [0, 0.1) is 11.3 Å². The molecule has 1 heterocycles. The first-order valence-corrected chi connectivity index (χ1v) is 6.01. The summed E-state index contributed by atoms with van der Waals surface area (Å²) in [4.78, 5) is 14.3. The van der Waals surface area contributed by atoms with Crippen LogP contribution in [0.3, 0.4) is 0 Å². The van der Waals surface area contributed by atoms with E-state index in [1.165, 1.54) is 7.11 Å². The number of nitrogens with zero attached hydrogens (tertiary/aromatic N) is 1. The second-order valence-corrected chi connectivity index (χ2v) is 4.40. The average Bonchev–Trinajstić information content (AvgIpc) is 2.88. The molecule has 0 aliphatic rings. The number of H-pyrrole nitrogens is 1. The van der Waals surface area contributed by atoms with Crippen molar-refractivity contribution >= 4 is 16.9 Å². The Hall–Kier alpha value is -2.36. The van der Waals surface area contributed by atoms with Gasteiger partial charge in [0.2, 0.25) is 0 Å². The van der Waals surface area contributed by atoms with Crippen LogP contribution in [0.4, 0.5) is 0 Å². The molecule has 0 bridgehead atoms. The van der Waals surface area contributed by atoms with Gasteiger partial charge in [0.25, 0.3) is 0 Å². The molecule has 1 aromatic heterocycles. The molecule has 0 saturated heterocycles. The van der Waals surface area contributed by atoms with E-state index in [-0.39, 0.29) is 6.42 Å². The molecule has 2 rings (SSSR count). The molecule has 6 nitrogen and oxygen atoms in total. The summed E-state index contributed by atoms with van der Waals surface area (Å²) >= 11 is 0. The van der Waals surface area contributed by atoms with E-state index in [9.17, 15) is 15.0 Å². The van der Waals surface area contributed by atoms with Gasteiger partial charge in [-0.25, -0.2) is 4.79 Å². The zero-order valence-corrected chi connectivity index (χ0v) is 10.8. The molecule has 6 heteroatoms. The van der Waals surface area contributed by atoms with Crippen LogP contribution in [0.2, 0.25) is 0 Å². The summed E-state index contributed by atoms with van der Waals surface area (Å²) in [5.74, 6) is -0.479. The van der Waals surface area contributed by atoms with Gasteiger partial charge >= 0.3 is 5.97 Å². The summed E-state index contributed by atoms with van der Waals surface area (Å²) in [6.45, 7) is 0. The monoisotopic (exact) mass is 274 g/mol. The van der Waals surface area contributed by atoms with Gasteiger partial charge in [-0.15, -0.1) is 0 Å². The molecule has 104 valence electrons. The summed E-state index contributed by atoms with van der Waals surface area (Å²) < 4.78 is 4.62. The number of rotatable bonds is 4. The van der Waals surface area contributed by atoms with E-state index >= 15 is 0 Å². The molecule has 2 unspecified atom stereocenters. The predicted molar refractivity (Wildman–Crippen MR) is 70.8 cm³/mol. The van der Waals surface area contributed by atoms with Crippen LogP contribution in [0.1, 0.15) is 28.6 Å². The molecule has 0 saturated carbocycles. The van der Waals surface area contributed by atoms with E-state index in [0.717, 1.165) is 5.39 Å². The molecule has 0 aliphatic heterocycles. The Balaban J connectivity index is 2.34. The molecule has 2 atom stereocenters. The summed E-state index contributed by atoms with van der Waals surface area (Å²) in [5.41, 5.74) is 1.43. The number of nitrogens with one attached hydrogen (secondary N) is 1. The van der Waals surface area contributed by atoms with Crippen LogP contribution in [0.5, 0.6) is 0 Å². The van der Waals surface area contributed by atoms with E-state index in [4.69, 9.17) is 5.26 Å². The summed E-state index contributed by atoms with van der Waals surface area (Å²) in [6, 6.07) is 8.44. The number of esters is 1. The van der Waals surface area contributed by atoms with Gasteiger partial charge < -0.3 is 19.9 Å². The Kier molecular flexibility index (Phi) is 4.03. The molecule has 2 aromatic rings. The number of hydrogen-bond acceptors (Lipinski definition) is 5. The number of aliphatic hydroxyl groups is 2. The molecular weight excluding hydrogens is 260 g/mol. The van der Waals surface area contributed by atoms with Crippen molar-refractivity contribution in [2.75, 3.05) is 7.11 Å². The maximum atomic E-state index is 11.4. The number of aliphatic hydroxyl groups excluding tert-OH is 2. The summed E-state index contributed by atoms with van der Waals surface area (Å²) in [7, 11) is 1.29. The third-order valence-electron chi connectivity index (χ3n) is 3.06. The Labute approximate surface area is 115 Å². The van der Waals surface area contributed by atoms with Gasteiger partial charge in [0, 0.05) is 10.9 Å². The normalized spacial score (nSPS) is 13.7. The highest BCUT2D eigenvalue weighted by Gasteiger charge is 2.19. The van der Waals surface area contributed by atoms with Gasteiger partial charge in [-0.05, 0) is 17.7 Å². The molecule has 0 spiro atoms. The Morgan fingerprint density at radius 2 is 2.20 bits per heavy atom. The highest BCUT2D eigenvalue weighted by Crippen LogP contribution is 2.24. The lowest BCUT2D eigenvalue weighted by molar-refractivity contribution is 0.0217. The highest BCUT2D eigenvalue weighted by molar-refractivity contribution is 5.94. The van der Waals surface area contributed by atoms with Crippen LogP contribution < -0.4 is 0 Å². The quantitative estimate of drug-likeness (QED) is 0.728. The minimum absolute atomic E-state index is 0.155. The first-order chi connectivity index (χ1) is 9.56. The predicted octanol–water partition coefficient (Wildman–Crippen LogP) is 1.26. The van der Waals surface area contributed by atoms with Gasteiger partial charge in [-0.2, -0.15) is 5.26 Å². The van der Waals surface area contributed by atoms with Gasteiger partial charge in [0.05, 0.1) is 25.7 Å². The van der Waals surface area contributed by atoms with Crippen LogP contribution in [0.15, 0.2) is 24.3 Å². The first-order valence-electron chi connectivity index (χ1n) is 6.01. The zero-order valence-electron chi connectivity index (χ0n) is 10.8. The van der Waals surface area contributed by atoms with E-state index in [2.05, 4.69) is 9.72 Å². The first kappa shape index (κ1) is 14.1. The number of carbonyl (C=O) groups excluding carboxylic acids is 1. The number of methoxy groups -OCH3 is 1. The van der Waals surface area contributed by atoms with Crippen LogP contribution in [-0.2, 0) is 4.74 Å². The van der Waals surface area contributed by atoms with Crippen molar-refractivity contribution in [3.8, 4) is 6.07 Å². The van der Waals surface area contributed by atoms with E-state index in [0.29, 0.717) is 16.8 Å². The van der Waals surface area contributed by atoms with E-state index in [1.807, 2.05) is 0 Å². The number of ether oxygens (including phenoxy) is 1.